The van der Waals surface area contributed by atoms with Crippen molar-refractivity contribution >= 4 is 17.7 Å². The topological polar surface area (TPSA) is 86.7 Å². The van der Waals surface area contributed by atoms with Crippen molar-refractivity contribution in [3.05, 3.63) is 98.9 Å². The van der Waals surface area contributed by atoms with Crippen molar-refractivity contribution < 1.29 is 14.6 Å². The van der Waals surface area contributed by atoms with Crippen molar-refractivity contribution in [2.24, 2.45) is 5.16 Å². The van der Waals surface area contributed by atoms with E-state index < -0.39 is 4.92 Å². The molecule has 1 aromatic heterocycles. The molecule has 1 aliphatic rings. The van der Waals surface area contributed by atoms with Gasteiger partial charge in [0.2, 0.25) is 0 Å². The molecule has 0 atom stereocenters. The number of rotatable bonds is 10. The van der Waals surface area contributed by atoms with Crippen molar-refractivity contribution in [3.63, 3.8) is 0 Å². The van der Waals surface area contributed by atoms with Crippen molar-refractivity contribution in [1.82, 2.24) is 4.57 Å². The molecule has 0 aliphatic heterocycles. The fraction of sp³-hybridized carbons (Fsp3) is 0.333. The van der Waals surface area contributed by atoms with E-state index in [9.17, 15) is 14.9 Å². The minimum atomic E-state index is -0.408. The third-order valence-electron chi connectivity index (χ3n) is 6.45. The van der Waals surface area contributed by atoms with Crippen LogP contribution in [-0.4, -0.2) is 28.6 Å². The van der Waals surface area contributed by atoms with Crippen molar-refractivity contribution in [3.8, 4) is 0 Å². The Morgan fingerprint density at radius 3 is 2.56 bits per heavy atom. The average Bonchev–Trinajstić information content (AvgIpc) is 3.50. The van der Waals surface area contributed by atoms with Gasteiger partial charge in [-0.3, -0.25) is 14.9 Å². The Balaban J connectivity index is 1.67. The van der Waals surface area contributed by atoms with Crippen LogP contribution in [0.2, 0.25) is 0 Å². The first-order chi connectivity index (χ1) is 16.6. The molecular weight excluding hydrogens is 430 g/mol. The number of non-ortho nitro benzene ring substituents is 1. The highest BCUT2D eigenvalue weighted by Crippen LogP contribution is 2.38. The van der Waals surface area contributed by atoms with Gasteiger partial charge in [-0.15, -0.1) is 0 Å². The first-order valence-corrected chi connectivity index (χ1v) is 11.7. The molecule has 7 nitrogen and oxygen atoms in total. The van der Waals surface area contributed by atoms with E-state index in [1.807, 2.05) is 30.3 Å². The summed E-state index contributed by atoms with van der Waals surface area (Å²) in [6.07, 6.45) is 6.84. The van der Waals surface area contributed by atoms with E-state index in [2.05, 4.69) is 21.9 Å². The number of Topliss-reactive ketones (excluding diaryl/α,β-unsaturated/α-hetero) is 1. The Hall–Kier alpha value is -3.74. The van der Waals surface area contributed by atoms with Crippen LogP contribution in [0.4, 0.5) is 5.69 Å². The van der Waals surface area contributed by atoms with Crippen LogP contribution < -0.4 is 0 Å². The number of hydrogen-bond donors (Lipinski definition) is 0. The van der Waals surface area contributed by atoms with E-state index in [1.54, 1.807) is 18.3 Å². The van der Waals surface area contributed by atoms with Crippen LogP contribution in [0, 0.1) is 10.1 Å². The summed E-state index contributed by atoms with van der Waals surface area (Å²) >= 11 is 0. The minimum absolute atomic E-state index is 0.0451. The van der Waals surface area contributed by atoms with Crippen LogP contribution >= 0.6 is 0 Å². The molecule has 0 bridgehead atoms. The number of nitro benzene ring substituents is 1. The normalized spacial score (nSPS) is 14.0. The van der Waals surface area contributed by atoms with E-state index in [-0.39, 0.29) is 17.9 Å². The number of aromatic nitrogens is 1. The van der Waals surface area contributed by atoms with Gasteiger partial charge < -0.3 is 9.40 Å². The molecule has 0 N–H and O–H groups in total. The van der Waals surface area contributed by atoms with Crippen LogP contribution in [0.5, 0.6) is 0 Å². The number of nitrogens with zero attached hydrogens (tertiary/aromatic N) is 3. The van der Waals surface area contributed by atoms with Gasteiger partial charge in [0, 0.05) is 36.4 Å². The van der Waals surface area contributed by atoms with Gasteiger partial charge in [-0.1, -0.05) is 60.5 Å². The van der Waals surface area contributed by atoms with Gasteiger partial charge >= 0.3 is 0 Å². The van der Waals surface area contributed by atoms with E-state index in [4.69, 9.17) is 4.84 Å². The number of carbonyl (C=O) groups is 1. The number of hydrogen-bond acceptors (Lipinski definition) is 5. The molecular formula is C27H29N3O4. The van der Waals surface area contributed by atoms with Gasteiger partial charge in [0.25, 0.3) is 5.69 Å². The second-order valence-electron chi connectivity index (χ2n) is 8.69. The highest BCUT2D eigenvalue weighted by atomic mass is 16.6. The lowest BCUT2D eigenvalue weighted by Crippen LogP contribution is -2.13. The van der Waals surface area contributed by atoms with Gasteiger partial charge in [-0.2, -0.15) is 0 Å². The molecule has 0 saturated heterocycles. The zero-order valence-electron chi connectivity index (χ0n) is 19.4. The average molecular weight is 460 g/mol. The lowest BCUT2D eigenvalue weighted by atomic mass is 9.95. The third-order valence-corrected chi connectivity index (χ3v) is 6.45. The predicted molar refractivity (Wildman–Crippen MR) is 132 cm³/mol. The molecule has 3 aromatic rings. The van der Waals surface area contributed by atoms with Gasteiger partial charge in [0.05, 0.1) is 16.8 Å². The lowest BCUT2D eigenvalue weighted by Gasteiger charge is -2.18. The molecule has 0 unspecified atom stereocenters. The molecule has 176 valence electrons. The standard InChI is InChI=1S/C27H29N3O4/c1-34-28-18-24-17-25(26(31)15-14-20-10-7-13-23(16-20)30(32)33)27(22-11-5-6-12-22)29(24)19-21-8-3-2-4-9-21/h2-4,7-10,13,16-18,22H,5-6,11-12,14-15,19H2,1H3/b28-18-. The fourth-order valence-electron chi connectivity index (χ4n) is 4.82. The number of carbonyl (C=O) groups excluding carboxylic acids is 1. The molecule has 34 heavy (non-hydrogen) atoms. The molecule has 1 heterocycles. The van der Waals surface area contributed by atoms with Crippen LogP contribution in [0.1, 0.15) is 70.9 Å². The number of aryl methyl sites for hydroxylation is 1. The molecule has 4 rings (SSSR count). The molecule has 1 aliphatic carbocycles. The van der Waals surface area contributed by atoms with Gasteiger partial charge in [0.15, 0.2) is 5.78 Å². The maximum atomic E-state index is 13.5. The lowest BCUT2D eigenvalue weighted by molar-refractivity contribution is -0.384. The van der Waals surface area contributed by atoms with Crippen LogP contribution in [0.3, 0.4) is 0 Å². The maximum absolute atomic E-state index is 13.5. The smallest absolute Gasteiger partial charge is 0.269 e. The van der Waals surface area contributed by atoms with E-state index in [0.717, 1.165) is 53.8 Å². The van der Waals surface area contributed by atoms with Crippen LogP contribution in [-0.2, 0) is 17.8 Å². The fourth-order valence-corrected chi connectivity index (χ4v) is 4.82. The van der Waals surface area contributed by atoms with Crippen molar-refractivity contribution in [2.45, 2.75) is 51.0 Å². The second-order valence-corrected chi connectivity index (χ2v) is 8.69. The Morgan fingerprint density at radius 1 is 1.12 bits per heavy atom. The van der Waals surface area contributed by atoms with E-state index in [0.29, 0.717) is 18.9 Å². The number of nitro groups is 1. The van der Waals surface area contributed by atoms with E-state index >= 15 is 0 Å². The summed E-state index contributed by atoms with van der Waals surface area (Å²) in [5, 5.41) is 15.1. The number of ketones is 1. The Kier molecular flexibility index (Phi) is 7.52. The van der Waals surface area contributed by atoms with Crippen molar-refractivity contribution in [1.29, 1.82) is 0 Å². The molecule has 0 spiro atoms. The van der Waals surface area contributed by atoms with Gasteiger partial charge in [-0.05, 0) is 42.4 Å². The summed E-state index contributed by atoms with van der Waals surface area (Å²) in [6, 6.07) is 18.6. The first-order valence-electron chi connectivity index (χ1n) is 11.7. The molecule has 0 amide bonds. The summed E-state index contributed by atoms with van der Waals surface area (Å²) in [7, 11) is 1.50. The summed E-state index contributed by atoms with van der Waals surface area (Å²) < 4.78 is 2.20. The maximum Gasteiger partial charge on any atom is 0.269 e. The number of oxime groups is 1. The zero-order valence-corrected chi connectivity index (χ0v) is 19.4. The van der Waals surface area contributed by atoms with Crippen LogP contribution in [0.25, 0.3) is 0 Å². The Bertz CT molecular complexity index is 1180. The zero-order chi connectivity index (χ0) is 23.9. The quantitative estimate of drug-likeness (QED) is 0.163. The molecule has 7 heteroatoms. The second kappa shape index (κ2) is 10.9. The van der Waals surface area contributed by atoms with Crippen LogP contribution in [0.15, 0.2) is 65.8 Å². The summed E-state index contributed by atoms with van der Waals surface area (Å²) in [4.78, 5) is 29.1. The summed E-state index contributed by atoms with van der Waals surface area (Å²) in [6.45, 7) is 0.649. The predicted octanol–water partition coefficient (Wildman–Crippen LogP) is 5.90. The highest BCUT2D eigenvalue weighted by molar-refractivity contribution is 5.99. The highest BCUT2D eigenvalue weighted by Gasteiger charge is 2.28. The summed E-state index contributed by atoms with van der Waals surface area (Å²) in [5.41, 5.74) is 4.62. The minimum Gasteiger partial charge on any atom is -0.399 e. The van der Waals surface area contributed by atoms with Crippen molar-refractivity contribution in [2.75, 3.05) is 7.11 Å². The molecule has 2 aromatic carbocycles. The Labute approximate surface area is 199 Å². The third kappa shape index (κ3) is 5.42. The summed E-state index contributed by atoms with van der Waals surface area (Å²) in [5.74, 6) is 0.373. The van der Waals surface area contributed by atoms with E-state index in [1.165, 1.54) is 13.2 Å². The molecule has 1 saturated carbocycles. The molecule has 0 radical (unpaired) electrons. The monoisotopic (exact) mass is 459 g/mol. The largest absolute Gasteiger partial charge is 0.399 e. The first kappa shape index (κ1) is 23.4. The number of benzene rings is 2. The van der Waals surface area contributed by atoms with Gasteiger partial charge in [-0.25, -0.2) is 0 Å². The SMILES string of the molecule is CO/N=C\c1cc(C(=O)CCc2cccc([N+](=O)[O-])c2)c(C2CCCC2)n1Cc1ccccc1. The van der Waals surface area contributed by atoms with Gasteiger partial charge in [0.1, 0.15) is 7.11 Å². The molecule has 1 fully saturated rings. The Morgan fingerprint density at radius 2 is 1.85 bits per heavy atom.